The number of urea groups is 1. The summed E-state index contributed by atoms with van der Waals surface area (Å²) in [6.07, 6.45) is 2.34. The van der Waals surface area contributed by atoms with Crippen molar-refractivity contribution in [3.05, 3.63) is 29.8 Å². The molecule has 1 atom stereocenters. The number of fused-ring (bicyclic) bond motifs is 1. The number of thioether (sulfide) groups is 1. The number of hydrogen-bond acceptors (Lipinski definition) is 3. The first-order valence-electron chi connectivity index (χ1n) is 6.78. The highest BCUT2D eigenvalue weighted by Crippen LogP contribution is 2.32. The van der Waals surface area contributed by atoms with Crippen molar-refractivity contribution in [2.45, 2.75) is 31.1 Å². The number of anilines is 1. The third-order valence-electron chi connectivity index (χ3n) is 3.70. The van der Waals surface area contributed by atoms with Crippen molar-refractivity contribution in [3.8, 4) is 0 Å². The van der Waals surface area contributed by atoms with Gasteiger partial charge in [0.2, 0.25) is 0 Å². The van der Waals surface area contributed by atoms with E-state index < -0.39 is 12.0 Å². The lowest BCUT2D eigenvalue weighted by Gasteiger charge is -2.27. The zero-order valence-electron chi connectivity index (χ0n) is 12.4. The number of carbonyl (C=O) groups excluding carboxylic acids is 1. The minimum Gasteiger partial charge on any atom is -0.480 e. The summed E-state index contributed by atoms with van der Waals surface area (Å²) in [5.41, 5.74) is 1.58. The predicted molar refractivity (Wildman–Crippen MR) is 85.0 cm³/mol. The molecule has 0 radical (unpaired) electrons. The van der Waals surface area contributed by atoms with Gasteiger partial charge < -0.3 is 10.4 Å². The number of aliphatic carboxylic acids is 1. The molecular weight excluding hydrogens is 288 g/mol. The molecule has 2 amide bonds. The summed E-state index contributed by atoms with van der Waals surface area (Å²) in [6.45, 7) is 4.55. The first kappa shape index (κ1) is 15.7. The van der Waals surface area contributed by atoms with Gasteiger partial charge in [-0.25, -0.2) is 9.59 Å². The lowest BCUT2D eigenvalue weighted by atomic mass is 10.1. The van der Waals surface area contributed by atoms with Crippen LogP contribution in [0.5, 0.6) is 0 Å². The van der Waals surface area contributed by atoms with Crippen molar-refractivity contribution in [3.63, 3.8) is 0 Å². The maximum atomic E-state index is 12.4. The first-order valence-corrected chi connectivity index (χ1v) is 8.01. The average Bonchev–Trinajstić information content (AvgIpc) is 2.84. The van der Waals surface area contributed by atoms with Crippen LogP contribution in [0.2, 0.25) is 0 Å². The normalized spacial score (nSPS) is 17.5. The van der Waals surface area contributed by atoms with Crippen molar-refractivity contribution in [2.24, 2.45) is 0 Å². The quantitative estimate of drug-likeness (QED) is 0.896. The van der Waals surface area contributed by atoms with Gasteiger partial charge in [0.15, 0.2) is 0 Å². The number of hydrogen-bond donors (Lipinski definition) is 2. The summed E-state index contributed by atoms with van der Waals surface area (Å²) >= 11 is 1.65. The summed E-state index contributed by atoms with van der Waals surface area (Å²) in [7, 11) is 0. The van der Waals surface area contributed by atoms with Crippen LogP contribution in [0.3, 0.4) is 0 Å². The van der Waals surface area contributed by atoms with Crippen LogP contribution in [0.25, 0.3) is 0 Å². The van der Waals surface area contributed by atoms with Crippen LogP contribution >= 0.6 is 11.8 Å². The van der Waals surface area contributed by atoms with Crippen LogP contribution in [0.15, 0.2) is 24.3 Å². The van der Waals surface area contributed by atoms with Gasteiger partial charge in [-0.05, 0) is 31.7 Å². The maximum Gasteiger partial charge on any atom is 0.327 e. The minimum atomic E-state index is -0.981. The van der Waals surface area contributed by atoms with Crippen LogP contribution in [0, 0.1) is 0 Å². The average molecular weight is 308 g/mol. The standard InChI is InChI=1S/C15H20N2O3S/c1-15(2,21-3)9-16-14(20)17-11-7-5-4-6-10(11)8-12(17)13(18)19/h4-7,12H,8-9H2,1-3H3,(H,16,20)(H,18,19)/t12-/m0/s1. The number of carboxylic acid groups (broad SMARTS) is 1. The summed E-state index contributed by atoms with van der Waals surface area (Å²) < 4.78 is -0.0897. The highest BCUT2D eigenvalue weighted by Gasteiger charge is 2.38. The molecule has 0 aliphatic carbocycles. The van der Waals surface area contributed by atoms with Gasteiger partial charge in [0.1, 0.15) is 6.04 Å². The van der Waals surface area contributed by atoms with E-state index in [0.29, 0.717) is 18.7 Å². The molecule has 5 nitrogen and oxygen atoms in total. The van der Waals surface area contributed by atoms with E-state index in [0.717, 1.165) is 5.56 Å². The van der Waals surface area contributed by atoms with Gasteiger partial charge >= 0.3 is 12.0 Å². The van der Waals surface area contributed by atoms with Gasteiger partial charge in [0.25, 0.3) is 0 Å². The Kier molecular flexibility index (Phi) is 4.46. The molecule has 0 spiro atoms. The molecule has 1 aromatic rings. The zero-order valence-corrected chi connectivity index (χ0v) is 13.2. The van der Waals surface area contributed by atoms with Crippen molar-refractivity contribution < 1.29 is 14.7 Å². The molecule has 2 rings (SSSR count). The summed E-state index contributed by atoms with van der Waals surface area (Å²) in [4.78, 5) is 25.2. The molecule has 0 unspecified atom stereocenters. The van der Waals surface area contributed by atoms with Crippen LogP contribution in [-0.4, -0.2) is 40.7 Å². The van der Waals surface area contributed by atoms with Crippen LogP contribution < -0.4 is 10.2 Å². The Morgan fingerprint density at radius 3 is 2.71 bits per heavy atom. The largest absolute Gasteiger partial charge is 0.480 e. The number of carboxylic acids is 1. The Balaban J connectivity index is 2.19. The van der Waals surface area contributed by atoms with E-state index in [9.17, 15) is 14.7 Å². The van der Waals surface area contributed by atoms with Crippen LogP contribution in [0.1, 0.15) is 19.4 Å². The molecule has 6 heteroatoms. The van der Waals surface area contributed by atoms with E-state index in [2.05, 4.69) is 5.32 Å². The van der Waals surface area contributed by atoms with E-state index in [4.69, 9.17) is 0 Å². The second-order valence-electron chi connectivity index (χ2n) is 5.68. The smallest absolute Gasteiger partial charge is 0.327 e. The van der Waals surface area contributed by atoms with Gasteiger partial charge in [0.05, 0.1) is 0 Å². The maximum absolute atomic E-state index is 12.4. The Morgan fingerprint density at radius 2 is 2.10 bits per heavy atom. The van der Waals surface area contributed by atoms with E-state index >= 15 is 0 Å². The first-order chi connectivity index (χ1) is 9.85. The Morgan fingerprint density at radius 1 is 1.43 bits per heavy atom. The Labute approximate surface area is 128 Å². The number of nitrogens with zero attached hydrogens (tertiary/aromatic N) is 1. The number of carbonyl (C=O) groups is 2. The lowest BCUT2D eigenvalue weighted by Crippen LogP contribution is -2.50. The molecule has 1 aliphatic rings. The van der Waals surface area contributed by atoms with E-state index in [-0.39, 0.29) is 10.8 Å². The number of amides is 2. The van der Waals surface area contributed by atoms with Crippen LogP contribution in [0.4, 0.5) is 10.5 Å². The monoisotopic (exact) mass is 308 g/mol. The van der Waals surface area contributed by atoms with Gasteiger partial charge in [-0.3, -0.25) is 4.90 Å². The minimum absolute atomic E-state index is 0.0897. The SMILES string of the molecule is CSC(C)(C)CNC(=O)N1c2ccccc2C[C@H]1C(=O)O. The van der Waals surface area contributed by atoms with E-state index in [1.165, 1.54) is 4.90 Å². The predicted octanol–water partition coefficient (Wildman–Crippen LogP) is 2.35. The molecule has 0 bridgehead atoms. The molecule has 114 valence electrons. The molecule has 1 heterocycles. The van der Waals surface area contributed by atoms with E-state index in [1.54, 1.807) is 17.8 Å². The molecule has 1 aliphatic heterocycles. The molecule has 0 saturated carbocycles. The second kappa shape index (κ2) is 5.97. The van der Waals surface area contributed by atoms with Crippen molar-refractivity contribution in [2.75, 3.05) is 17.7 Å². The number of rotatable bonds is 4. The van der Waals surface area contributed by atoms with E-state index in [1.807, 2.05) is 38.3 Å². The van der Waals surface area contributed by atoms with Gasteiger partial charge in [0, 0.05) is 23.4 Å². The highest BCUT2D eigenvalue weighted by atomic mass is 32.2. The summed E-state index contributed by atoms with van der Waals surface area (Å²) in [5, 5.41) is 12.2. The molecule has 0 fully saturated rings. The third kappa shape index (κ3) is 3.32. The fraction of sp³-hybridized carbons (Fsp3) is 0.467. The van der Waals surface area contributed by atoms with Gasteiger partial charge in [-0.1, -0.05) is 18.2 Å². The highest BCUT2D eigenvalue weighted by molar-refractivity contribution is 7.99. The number of nitrogens with one attached hydrogen (secondary N) is 1. The molecule has 1 aromatic carbocycles. The summed E-state index contributed by atoms with van der Waals surface area (Å²) in [5.74, 6) is -0.981. The van der Waals surface area contributed by atoms with Crippen molar-refractivity contribution in [1.29, 1.82) is 0 Å². The Hall–Kier alpha value is -1.69. The number of para-hydroxylation sites is 1. The van der Waals surface area contributed by atoms with Gasteiger partial charge in [-0.15, -0.1) is 0 Å². The molecule has 0 aromatic heterocycles. The van der Waals surface area contributed by atoms with Gasteiger partial charge in [-0.2, -0.15) is 11.8 Å². The number of benzene rings is 1. The fourth-order valence-electron chi connectivity index (χ4n) is 2.28. The Bertz CT molecular complexity index is 560. The third-order valence-corrected chi connectivity index (χ3v) is 4.95. The zero-order chi connectivity index (χ0) is 15.6. The molecule has 21 heavy (non-hydrogen) atoms. The second-order valence-corrected chi connectivity index (χ2v) is 7.19. The molecular formula is C15H20N2O3S. The molecule has 0 saturated heterocycles. The van der Waals surface area contributed by atoms with Crippen molar-refractivity contribution in [1.82, 2.24) is 5.32 Å². The summed E-state index contributed by atoms with van der Waals surface area (Å²) in [6, 6.07) is 6.14. The topological polar surface area (TPSA) is 69.6 Å². The fourth-order valence-corrected chi connectivity index (χ4v) is 2.50. The van der Waals surface area contributed by atoms with Crippen molar-refractivity contribution >= 4 is 29.4 Å². The lowest BCUT2D eigenvalue weighted by molar-refractivity contribution is -0.138. The molecule has 2 N–H and O–H groups in total. The van der Waals surface area contributed by atoms with Crippen LogP contribution in [-0.2, 0) is 11.2 Å².